The van der Waals surface area contributed by atoms with Crippen molar-refractivity contribution in [1.82, 2.24) is 0 Å². The monoisotopic (exact) mass is 417 g/mol. The third-order valence-corrected chi connectivity index (χ3v) is 4.43. The van der Waals surface area contributed by atoms with E-state index in [1.807, 2.05) is 31.1 Å². The van der Waals surface area contributed by atoms with Crippen molar-refractivity contribution in [2.75, 3.05) is 29.6 Å². The van der Waals surface area contributed by atoms with Crippen LogP contribution in [0.15, 0.2) is 72.8 Å². The summed E-state index contributed by atoms with van der Waals surface area (Å²) in [6, 6.07) is 20.4. The molecule has 0 radical (unpaired) electrons. The van der Waals surface area contributed by atoms with E-state index in [2.05, 4.69) is 10.6 Å². The second-order valence-electron chi connectivity index (χ2n) is 7.02. The zero-order chi connectivity index (χ0) is 22.4. The van der Waals surface area contributed by atoms with Gasteiger partial charge in [0.25, 0.3) is 11.8 Å². The minimum absolute atomic E-state index is 0.280. The molecule has 2 amide bonds. The van der Waals surface area contributed by atoms with Crippen LogP contribution in [0.1, 0.15) is 27.6 Å². The largest absolute Gasteiger partial charge is 0.427 e. The van der Waals surface area contributed by atoms with Crippen LogP contribution in [0, 0.1) is 0 Å². The number of anilines is 3. The van der Waals surface area contributed by atoms with E-state index in [1.165, 1.54) is 13.0 Å². The van der Waals surface area contributed by atoms with Gasteiger partial charge >= 0.3 is 5.97 Å². The van der Waals surface area contributed by atoms with Crippen LogP contribution < -0.4 is 20.3 Å². The molecule has 0 unspecified atom stereocenters. The highest BCUT2D eigenvalue weighted by atomic mass is 16.5. The van der Waals surface area contributed by atoms with E-state index >= 15 is 0 Å². The summed E-state index contributed by atoms with van der Waals surface area (Å²) in [6.07, 6.45) is 0. The highest BCUT2D eigenvalue weighted by Gasteiger charge is 2.13. The van der Waals surface area contributed by atoms with Crippen molar-refractivity contribution in [3.63, 3.8) is 0 Å². The number of para-hydroxylation sites is 2. The van der Waals surface area contributed by atoms with Gasteiger partial charge in [0.2, 0.25) is 0 Å². The number of amides is 2. The molecule has 0 saturated heterocycles. The van der Waals surface area contributed by atoms with Crippen LogP contribution in [0.25, 0.3) is 0 Å². The minimum Gasteiger partial charge on any atom is -0.427 e. The number of hydrogen-bond acceptors (Lipinski definition) is 5. The number of carbonyl (C=O) groups excluding carboxylic acids is 3. The Kier molecular flexibility index (Phi) is 6.67. The summed E-state index contributed by atoms with van der Waals surface area (Å²) in [6.45, 7) is 1.29. The lowest BCUT2D eigenvalue weighted by Crippen LogP contribution is -2.17. The highest BCUT2D eigenvalue weighted by molar-refractivity contribution is 6.10. The molecule has 0 fully saturated rings. The Labute approximate surface area is 180 Å². The predicted molar refractivity (Wildman–Crippen MR) is 121 cm³/mol. The van der Waals surface area contributed by atoms with Gasteiger partial charge in [-0.05, 0) is 54.6 Å². The lowest BCUT2D eigenvalue weighted by atomic mass is 10.1. The Morgan fingerprint density at radius 1 is 0.742 bits per heavy atom. The van der Waals surface area contributed by atoms with E-state index in [4.69, 9.17) is 4.74 Å². The Morgan fingerprint density at radius 3 is 1.87 bits per heavy atom. The van der Waals surface area contributed by atoms with Crippen molar-refractivity contribution in [3.8, 4) is 5.75 Å². The quantitative estimate of drug-likeness (QED) is 0.464. The first kappa shape index (κ1) is 21.6. The normalized spacial score (nSPS) is 10.2. The van der Waals surface area contributed by atoms with Crippen molar-refractivity contribution in [3.05, 3.63) is 83.9 Å². The molecule has 0 atom stereocenters. The number of esters is 1. The van der Waals surface area contributed by atoms with Gasteiger partial charge < -0.3 is 20.3 Å². The zero-order valence-corrected chi connectivity index (χ0v) is 17.5. The van der Waals surface area contributed by atoms with Crippen molar-refractivity contribution in [1.29, 1.82) is 0 Å². The Morgan fingerprint density at radius 2 is 1.32 bits per heavy atom. The van der Waals surface area contributed by atoms with Crippen LogP contribution in [0.4, 0.5) is 17.1 Å². The molecule has 0 aliphatic rings. The second-order valence-corrected chi connectivity index (χ2v) is 7.02. The molecular formula is C24H23N3O4. The van der Waals surface area contributed by atoms with E-state index < -0.39 is 11.9 Å². The van der Waals surface area contributed by atoms with E-state index in [-0.39, 0.29) is 11.7 Å². The van der Waals surface area contributed by atoms with Crippen molar-refractivity contribution in [2.24, 2.45) is 0 Å². The maximum Gasteiger partial charge on any atom is 0.308 e. The maximum atomic E-state index is 12.7. The fraction of sp³-hybridized carbons (Fsp3) is 0.125. The Balaban J connectivity index is 1.75. The molecular weight excluding hydrogens is 394 g/mol. The summed E-state index contributed by atoms with van der Waals surface area (Å²) < 4.78 is 5.02. The number of benzene rings is 3. The van der Waals surface area contributed by atoms with Gasteiger partial charge in [0, 0.05) is 37.8 Å². The number of nitrogens with one attached hydrogen (secondary N) is 2. The number of ether oxygens (including phenoxy) is 1. The van der Waals surface area contributed by atoms with Gasteiger partial charge in [-0.3, -0.25) is 14.4 Å². The van der Waals surface area contributed by atoms with E-state index in [0.29, 0.717) is 22.5 Å². The molecule has 3 aromatic carbocycles. The van der Waals surface area contributed by atoms with Crippen LogP contribution in [0.2, 0.25) is 0 Å². The SMILES string of the molecule is CC(=O)Oc1cccc(C(=O)Nc2ccccc2NC(=O)c2ccc(N(C)C)cc2)c1. The Bertz CT molecular complexity index is 1110. The number of nitrogens with zero attached hydrogens (tertiary/aromatic N) is 1. The second kappa shape index (κ2) is 9.58. The number of carbonyl (C=O) groups is 3. The van der Waals surface area contributed by atoms with Crippen molar-refractivity contribution in [2.45, 2.75) is 6.92 Å². The van der Waals surface area contributed by atoms with Gasteiger partial charge in [-0.2, -0.15) is 0 Å². The molecule has 0 aliphatic carbocycles. The molecule has 0 aliphatic heterocycles. The van der Waals surface area contributed by atoms with Gasteiger partial charge in [0.1, 0.15) is 5.75 Å². The molecule has 0 spiro atoms. The summed E-state index contributed by atoms with van der Waals surface area (Å²) in [5.74, 6) is -0.873. The van der Waals surface area contributed by atoms with Crippen LogP contribution in [0.3, 0.4) is 0 Å². The average molecular weight is 417 g/mol. The van der Waals surface area contributed by atoms with Crippen LogP contribution in [0.5, 0.6) is 5.75 Å². The van der Waals surface area contributed by atoms with E-state index in [9.17, 15) is 14.4 Å². The third kappa shape index (κ3) is 5.70. The van der Waals surface area contributed by atoms with Gasteiger partial charge in [0.05, 0.1) is 11.4 Å². The lowest BCUT2D eigenvalue weighted by Gasteiger charge is -2.14. The Hall–Kier alpha value is -4.13. The molecule has 0 saturated carbocycles. The third-order valence-electron chi connectivity index (χ3n) is 4.43. The first-order chi connectivity index (χ1) is 14.8. The van der Waals surface area contributed by atoms with E-state index in [1.54, 1.807) is 54.6 Å². The summed E-state index contributed by atoms with van der Waals surface area (Å²) >= 11 is 0. The standard InChI is InChI=1S/C24H23N3O4/c1-16(28)31-20-8-6-7-18(15-20)24(30)26-22-10-5-4-9-21(22)25-23(29)17-11-13-19(14-12-17)27(2)3/h4-15H,1-3H3,(H,25,29)(H,26,30). The van der Waals surface area contributed by atoms with Crippen molar-refractivity contribution >= 4 is 34.8 Å². The summed E-state index contributed by atoms with van der Waals surface area (Å²) in [5, 5.41) is 5.62. The van der Waals surface area contributed by atoms with E-state index in [0.717, 1.165) is 5.69 Å². The lowest BCUT2D eigenvalue weighted by molar-refractivity contribution is -0.131. The van der Waals surface area contributed by atoms with Crippen LogP contribution in [-0.4, -0.2) is 31.9 Å². The van der Waals surface area contributed by atoms with Crippen LogP contribution >= 0.6 is 0 Å². The predicted octanol–water partition coefficient (Wildman–Crippen LogP) is 4.18. The minimum atomic E-state index is -0.468. The topological polar surface area (TPSA) is 87.7 Å². The smallest absolute Gasteiger partial charge is 0.308 e. The first-order valence-electron chi connectivity index (χ1n) is 9.61. The molecule has 7 nitrogen and oxygen atoms in total. The van der Waals surface area contributed by atoms with Gasteiger partial charge in [-0.15, -0.1) is 0 Å². The molecule has 7 heteroatoms. The average Bonchev–Trinajstić information content (AvgIpc) is 2.75. The summed E-state index contributed by atoms with van der Waals surface area (Å²) in [4.78, 5) is 38.4. The number of rotatable bonds is 6. The molecule has 158 valence electrons. The summed E-state index contributed by atoms with van der Waals surface area (Å²) in [7, 11) is 3.85. The molecule has 0 aromatic heterocycles. The molecule has 3 rings (SSSR count). The molecule has 0 bridgehead atoms. The summed E-state index contributed by atoms with van der Waals surface area (Å²) in [5.41, 5.74) is 2.72. The zero-order valence-electron chi connectivity index (χ0n) is 17.5. The van der Waals surface area contributed by atoms with Gasteiger partial charge in [0.15, 0.2) is 0 Å². The molecule has 2 N–H and O–H groups in total. The molecule has 31 heavy (non-hydrogen) atoms. The van der Waals surface area contributed by atoms with Gasteiger partial charge in [-0.1, -0.05) is 18.2 Å². The first-order valence-corrected chi connectivity index (χ1v) is 9.61. The van der Waals surface area contributed by atoms with Gasteiger partial charge in [-0.25, -0.2) is 0 Å². The fourth-order valence-corrected chi connectivity index (χ4v) is 2.87. The fourth-order valence-electron chi connectivity index (χ4n) is 2.87. The molecule has 3 aromatic rings. The van der Waals surface area contributed by atoms with Crippen molar-refractivity contribution < 1.29 is 19.1 Å². The number of hydrogen-bond donors (Lipinski definition) is 2. The maximum absolute atomic E-state index is 12.7. The highest BCUT2D eigenvalue weighted by Crippen LogP contribution is 2.24. The van der Waals surface area contributed by atoms with Crippen LogP contribution in [-0.2, 0) is 4.79 Å². The molecule has 0 heterocycles.